The second-order valence-electron chi connectivity index (χ2n) is 6.20. The van der Waals surface area contributed by atoms with Crippen LogP contribution in [-0.2, 0) is 29.2 Å². The summed E-state index contributed by atoms with van der Waals surface area (Å²) in [6, 6.07) is 4.96. The minimum atomic E-state index is -0.742. The average molecular weight is 349 g/mol. The van der Waals surface area contributed by atoms with E-state index >= 15 is 0 Å². The first-order valence-electron chi connectivity index (χ1n) is 7.51. The first kappa shape index (κ1) is 20.2. The van der Waals surface area contributed by atoms with E-state index in [0.717, 1.165) is 11.6 Å². The maximum absolute atomic E-state index is 12.0. The Bertz CT molecular complexity index is 700. The predicted molar refractivity (Wildman–Crippen MR) is 92.2 cm³/mol. The van der Waals surface area contributed by atoms with E-state index in [1.165, 1.54) is 21.3 Å². The van der Waals surface area contributed by atoms with Gasteiger partial charge >= 0.3 is 17.9 Å². The lowest BCUT2D eigenvalue weighted by atomic mass is 9.85. The maximum Gasteiger partial charge on any atom is 0.354 e. The molecule has 0 fully saturated rings. The van der Waals surface area contributed by atoms with E-state index in [-0.39, 0.29) is 11.1 Å². The largest absolute Gasteiger partial charge is 0.466 e. The molecule has 0 spiro atoms. The molecule has 0 aromatic heterocycles. The number of methoxy groups -OCH3 is 3. The van der Waals surface area contributed by atoms with E-state index in [1.54, 1.807) is 18.2 Å². The van der Waals surface area contributed by atoms with Crippen LogP contribution in [0.2, 0.25) is 0 Å². The SMILES string of the molecule is COC(=O)/C=C(/Nc1cc(C(=O)OC)ccc1C(C)(C)C)C(=O)OC. The van der Waals surface area contributed by atoms with Gasteiger partial charge in [0.1, 0.15) is 5.70 Å². The lowest BCUT2D eigenvalue weighted by Gasteiger charge is -2.24. The first-order chi connectivity index (χ1) is 11.6. The fourth-order valence-corrected chi connectivity index (χ4v) is 2.12. The summed E-state index contributed by atoms with van der Waals surface area (Å²) in [5.41, 5.74) is 1.22. The zero-order chi connectivity index (χ0) is 19.2. The lowest BCUT2D eigenvalue weighted by molar-refractivity contribution is -0.138. The van der Waals surface area contributed by atoms with Crippen LogP contribution in [0.3, 0.4) is 0 Å². The molecule has 0 bridgehead atoms. The van der Waals surface area contributed by atoms with Crippen molar-refractivity contribution in [3.63, 3.8) is 0 Å². The fraction of sp³-hybridized carbons (Fsp3) is 0.389. The van der Waals surface area contributed by atoms with Gasteiger partial charge in [0.2, 0.25) is 0 Å². The number of rotatable bonds is 5. The molecule has 0 saturated carbocycles. The van der Waals surface area contributed by atoms with Crippen molar-refractivity contribution in [2.45, 2.75) is 26.2 Å². The van der Waals surface area contributed by atoms with E-state index in [9.17, 15) is 14.4 Å². The van der Waals surface area contributed by atoms with Crippen molar-refractivity contribution in [3.05, 3.63) is 41.1 Å². The van der Waals surface area contributed by atoms with Gasteiger partial charge in [-0.2, -0.15) is 0 Å². The molecule has 7 nitrogen and oxygen atoms in total. The number of anilines is 1. The molecular formula is C18H23NO6. The van der Waals surface area contributed by atoms with Gasteiger partial charge in [0, 0.05) is 5.69 Å². The minimum absolute atomic E-state index is 0.109. The number of carbonyl (C=O) groups is 3. The first-order valence-corrected chi connectivity index (χ1v) is 7.51. The van der Waals surface area contributed by atoms with Crippen molar-refractivity contribution < 1.29 is 28.6 Å². The van der Waals surface area contributed by atoms with E-state index in [0.29, 0.717) is 11.3 Å². The van der Waals surface area contributed by atoms with Gasteiger partial charge in [-0.15, -0.1) is 0 Å². The van der Waals surface area contributed by atoms with Crippen LogP contribution < -0.4 is 5.32 Å². The summed E-state index contributed by atoms with van der Waals surface area (Å²) in [4.78, 5) is 35.3. The molecule has 0 amide bonds. The van der Waals surface area contributed by atoms with Gasteiger partial charge in [-0.05, 0) is 23.1 Å². The number of hydrogen-bond donors (Lipinski definition) is 1. The summed E-state index contributed by atoms with van der Waals surface area (Å²) in [5, 5.41) is 2.87. The Kier molecular flexibility index (Phi) is 6.73. The summed E-state index contributed by atoms with van der Waals surface area (Å²) < 4.78 is 14.0. The maximum atomic E-state index is 12.0. The summed E-state index contributed by atoms with van der Waals surface area (Å²) >= 11 is 0. The zero-order valence-corrected chi connectivity index (χ0v) is 15.3. The molecule has 1 rings (SSSR count). The van der Waals surface area contributed by atoms with Crippen LogP contribution >= 0.6 is 0 Å². The Morgan fingerprint density at radius 1 is 1.00 bits per heavy atom. The predicted octanol–water partition coefficient (Wildman–Crippen LogP) is 2.41. The Morgan fingerprint density at radius 2 is 1.64 bits per heavy atom. The molecule has 136 valence electrons. The van der Waals surface area contributed by atoms with Gasteiger partial charge < -0.3 is 19.5 Å². The summed E-state index contributed by atoms with van der Waals surface area (Å²) in [7, 11) is 3.68. The third-order valence-corrected chi connectivity index (χ3v) is 3.39. The van der Waals surface area contributed by atoms with E-state index in [2.05, 4.69) is 14.8 Å². The molecule has 1 N–H and O–H groups in total. The monoisotopic (exact) mass is 349 g/mol. The van der Waals surface area contributed by atoms with E-state index in [1.807, 2.05) is 20.8 Å². The van der Waals surface area contributed by atoms with Crippen LogP contribution in [0.4, 0.5) is 5.69 Å². The highest BCUT2D eigenvalue weighted by Crippen LogP contribution is 2.31. The molecule has 7 heteroatoms. The standard InChI is InChI=1S/C18H23NO6/c1-18(2,3)12-8-7-11(16(21)24-5)9-13(12)19-14(17(22)25-6)10-15(20)23-4/h7-10,19H,1-6H3/b14-10+. The molecule has 0 aliphatic rings. The van der Waals surface area contributed by atoms with Crippen LogP contribution in [0.1, 0.15) is 36.7 Å². The quantitative estimate of drug-likeness (QED) is 0.496. The normalized spacial score (nSPS) is 11.5. The second-order valence-corrected chi connectivity index (χ2v) is 6.20. The number of benzene rings is 1. The third kappa shape index (κ3) is 5.34. The highest BCUT2D eigenvalue weighted by atomic mass is 16.5. The Morgan fingerprint density at radius 3 is 2.12 bits per heavy atom. The third-order valence-electron chi connectivity index (χ3n) is 3.39. The summed E-state index contributed by atoms with van der Waals surface area (Å²) in [6.07, 6.45) is 0.989. The van der Waals surface area contributed by atoms with Crippen LogP contribution in [0, 0.1) is 0 Å². The summed E-state index contributed by atoms with van der Waals surface area (Å²) in [5.74, 6) is -1.97. The van der Waals surface area contributed by atoms with Gasteiger partial charge in [0.25, 0.3) is 0 Å². The second kappa shape index (κ2) is 8.32. The van der Waals surface area contributed by atoms with Gasteiger partial charge in [0.05, 0.1) is 33.0 Å². The number of carbonyl (C=O) groups excluding carboxylic acids is 3. The number of nitrogens with one attached hydrogen (secondary N) is 1. The molecule has 0 unspecified atom stereocenters. The van der Waals surface area contributed by atoms with Crippen LogP contribution in [-0.4, -0.2) is 39.2 Å². The number of hydrogen-bond acceptors (Lipinski definition) is 7. The van der Waals surface area contributed by atoms with Crippen molar-refractivity contribution in [3.8, 4) is 0 Å². The van der Waals surface area contributed by atoms with Gasteiger partial charge in [0.15, 0.2) is 0 Å². The molecule has 0 saturated heterocycles. The zero-order valence-electron chi connectivity index (χ0n) is 15.3. The lowest BCUT2D eigenvalue weighted by Crippen LogP contribution is -2.20. The molecule has 0 atom stereocenters. The Balaban J connectivity index is 3.44. The van der Waals surface area contributed by atoms with Crippen LogP contribution in [0.25, 0.3) is 0 Å². The molecule has 0 aliphatic carbocycles. The molecular weight excluding hydrogens is 326 g/mol. The van der Waals surface area contributed by atoms with Gasteiger partial charge in [-0.25, -0.2) is 14.4 Å². The smallest absolute Gasteiger partial charge is 0.354 e. The van der Waals surface area contributed by atoms with Gasteiger partial charge in [-0.3, -0.25) is 0 Å². The average Bonchev–Trinajstić information content (AvgIpc) is 2.58. The highest BCUT2D eigenvalue weighted by Gasteiger charge is 2.22. The van der Waals surface area contributed by atoms with Crippen molar-refractivity contribution in [1.82, 2.24) is 0 Å². The van der Waals surface area contributed by atoms with Crippen molar-refractivity contribution in [1.29, 1.82) is 0 Å². The van der Waals surface area contributed by atoms with Gasteiger partial charge in [-0.1, -0.05) is 26.8 Å². The number of ether oxygens (including phenoxy) is 3. The van der Waals surface area contributed by atoms with Crippen molar-refractivity contribution in [2.24, 2.45) is 0 Å². The number of esters is 3. The van der Waals surface area contributed by atoms with Crippen LogP contribution in [0.15, 0.2) is 30.0 Å². The molecule has 0 heterocycles. The fourth-order valence-electron chi connectivity index (χ4n) is 2.12. The Labute approximate surface area is 146 Å². The van der Waals surface area contributed by atoms with E-state index in [4.69, 9.17) is 4.74 Å². The van der Waals surface area contributed by atoms with Crippen molar-refractivity contribution >= 4 is 23.6 Å². The molecule has 0 radical (unpaired) electrons. The molecule has 1 aromatic rings. The molecule has 1 aromatic carbocycles. The molecule has 0 aliphatic heterocycles. The van der Waals surface area contributed by atoms with E-state index < -0.39 is 17.9 Å². The topological polar surface area (TPSA) is 90.9 Å². The van der Waals surface area contributed by atoms with Crippen molar-refractivity contribution in [2.75, 3.05) is 26.6 Å². The van der Waals surface area contributed by atoms with Crippen LogP contribution in [0.5, 0.6) is 0 Å². The molecule has 25 heavy (non-hydrogen) atoms. The highest BCUT2D eigenvalue weighted by molar-refractivity contribution is 5.99. The Hall–Kier alpha value is -2.83. The summed E-state index contributed by atoms with van der Waals surface area (Å²) in [6.45, 7) is 5.94. The minimum Gasteiger partial charge on any atom is -0.466 e.